The van der Waals surface area contributed by atoms with Crippen LogP contribution in [0.1, 0.15) is 0 Å². The molecule has 0 atom stereocenters. The van der Waals surface area contributed by atoms with Crippen molar-refractivity contribution in [3.05, 3.63) is 30.5 Å². The number of fused-ring (bicyclic) bond motifs is 1. The molecule has 2 N–H and O–H groups in total. The van der Waals surface area contributed by atoms with Crippen LogP contribution >= 0.6 is 0 Å². The molecule has 0 saturated carbocycles. The van der Waals surface area contributed by atoms with Crippen molar-refractivity contribution in [3.8, 4) is 5.75 Å². The van der Waals surface area contributed by atoms with Crippen LogP contribution in [0.15, 0.2) is 30.5 Å². The molecule has 0 aliphatic heterocycles. The minimum Gasteiger partial charge on any atom is -0.497 e. The molecule has 1 heterocycles. The van der Waals surface area contributed by atoms with E-state index in [1.165, 1.54) is 7.11 Å². The summed E-state index contributed by atoms with van der Waals surface area (Å²) in [7, 11) is -0.0727. The van der Waals surface area contributed by atoms with E-state index in [1.807, 2.05) is 0 Å². The maximum absolute atomic E-state index is 9.28. The molecule has 0 amide bonds. The molecule has 0 aliphatic rings. The summed E-state index contributed by atoms with van der Waals surface area (Å²) in [6.45, 7) is 0. The van der Waals surface area contributed by atoms with E-state index in [9.17, 15) is 10.0 Å². The highest BCUT2D eigenvalue weighted by atomic mass is 16.5. The zero-order valence-corrected chi connectivity index (χ0v) is 8.21. The Labute approximate surface area is 87.3 Å². The van der Waals surface area contributed by atoms with Gasteiger partial charge in [0.25, 0.3) is 0 Å². The van der Waals surface area contributed by atoms with Crippen molar-refractivity contribution < 1.29 is 14.8 Å². The molecule has 2 aromatic rings. The molecule has 1 aromatic carbocycles. The van der Waals surface area contributed by atoms with Crippen molar-refractivity contribution in [2.24, 2.45) is 0 Å². The second kappa shape index (κ2) is 3.88. The molecule has 15 heavy (non-hydrogen) atoms. The van der Waals surface area contributed by atoms with Gasteiger partial charge in [-0.3, -0.25) is 4.98 Å². The van der Waals surface area contributed by atoms with E-state index in [4.69, 9.17) is 4.74 Å². The van der Waals surface area contributed by atoms with Crippen molar-refractivity contribution >= 4 is 23.5 Å². The number of rotatable bonds is 2. The molecule has 0 radical (unpaired) electrons. The van der Waals surface area contributed by atoms with Crippen LogP contribution in [0.2, 0.25) is 0 Å². The second-order valence-electron chi connectivity index (χ2n) is 3.13. The van der Waals surface area contributed by atoms with E-state index in [1.54, 1.807) is 30.5 Å². The lowest BCUT2D eigenvalue weighted by atomic mass is 9.77. The van der Waals surface area contributed by atoms with Gasteiger partial charge in [0, 0.05) is 17.0 Å². The Bertz CT molecular complexity index is 487. The van der Waals surface area contributed by atoms with Crippen LogP contribution in [0.3, 0.4) is 0 Å². The highest BCUT2D eigenvalue weighted by Gasteiger charge is 2.20. The van der Waals surface area contributed by atoms with Crippen molar-refractivity contribution in [2.75, 3.05) is 7.11 Å². The van der Waals surface area contributed by atoms with E-state index >= 15 is 0 Å². The van der Waals surface area contributed by atoms with E-state index < -0.39 is 7.12 Å². The zero-order chi connectivity index (χ0) is 10.8. The molecule has 4 nitrogen and oxygen atoms in total. The van der Waals surface area contributed by atoms with E-state index in [2.05, 4.69) is 4.98 Å². The summed E-state index contributed by atoms with van der Waals surface area (Å²) in [5.41, 5.74) is 1.06. The lowest BCUT2D eigenvalue weighted by molar-refractivity contribution is 0.404. The Balaban J connectivity index is 2.79. The van der Waals surface area contributed by atoms with Crippen molar-refractivity contribution in [1.29, 1.82) is 0 Å². The van der Waals surface area contributed by atoms with Gasteiger partial charge in [-0.25, -0.2) is 0 Å². The monoisotopic (exact) mass is 203 g/mol. The third-order valence-electron chi connectivity index (χ3n) is 2.26. The molecule has 0 saturated heterocycles. The second-order valence-corrected chi connectivity index (χ2v) is 3.13. The molecule has 0 unspecified atom stereocenters. The Morgan fingerprint density at radius 1 is 1.27 bits per heavy atom. The van der Waals surface area contributed by atoms with Gasteiger partial charge >= 0.3 is 7.12 Å². The van der Waals surface area contributed by atoms with Crippen LogP contribution in [0, 0.1) is 0 Å². The smallest absolute Gasteiger partial charge is 0.492 e. The van der Waals surface area contributed by atoms with Crippen molar-refractivity contribution in [1.82, 2.24) is 4.98 Å². The Kier molecular flexibility index (Phi) is 2.57. The summed E-state index contributed by atoms with van der Waals surface area (Å²) in [5.74, 6) is 0.450. The largest absolute Gasteiger partial charge is 0.497 e. The first-order chi connectivity index (χ1) is 7.24. The average molecular weight is 203 g/mol. The first-order valence-electron chi connectivity index (χ1n) is 4.52. The van der Waals surface area contributed by atoms with E-state index in [0.29, 0.717) is 22.1 Å². The number of pyridine rings is 1. The van der Waals surface area contributed by atoms with Gasteiger partial charge in [0.1, 0.15) is 5.75 Å². The third kappa shape index (κ3) is 1.67. The van der Waals surface area contributed by atoms with Crippen LogP contribution in [0.4, 0.5) is 0 Å². The molecule has 0 aliphatic carbocycles. The SMILES string of the molecule is COc1ccc2ncccc2c1B(O)O. The summed E-state index contributed by atoms with van der Waals surface area (Å²) < 4.78 is 5.07. The van der Waals surface area contributed by atoms with Gasteiger partial charge in [0.05, 0.1) is 12.6 Å². The summed E-state index contributed by atoms with van der Waals surface area (Å²) in [5, 5.41) is 19.2. The summed E-state index contributed by atoms with van der Waals surface area (Å²) in [6, 6.07) is 6.97. The third-order valence-corrected chi connectivity index (χ3v) is 2.26. The van der Waals surface area contributed by atoms with Gasteiger partial charge in [-0.2, -0.15) is 0 Å². The van der Waals surface area contributed by atoms with Gasteiger partial charge in [-0.05, 0) is 18.2 Å². The molecular formula is C10H10BNO3. The molecule has 2 rings (SSSR count). The average Bonchev–Trinajstić information content (AvgIpc) is 2.27. The first-order valence-corrected chi connectivity index (χ1v) is 4.52. The fraction of sp³-hybridized carbons (Fsp3) is 0.100. The van der Waals surface area contributed by atoms with Crippen molar-refractivity contribution in [2.45, 2.75) is 0 Å². The summed E-state index contributed by atoms with van der Waals surface area (Å²) in [4.78, 5) is 4.12. The zero-order valence-electron chi connectivity index (χ0n) is 8.21. The number of hydrogen-bond acceptors (Lipinski definition) is 4. The lowest BCUT2D eigenvalue weighted by Gasteiger charge is -2.10. The van der Waals surface area contributed by atoms with E-state index in [0.717, 1.165) is 0 Å². The van der Waals surface area contributed by atoms with Gasteiger partial charge in [-0.1, -0.05) is 6.07 Å². The number of ether oxygens (including phenoxy) is 1. The minimum atomic E-state index is -1.56. The molecule has 5 heteroatoms. The highest BCUT2D eigenvalue weighted by molar-refractivity contribution is 6.63. The first kappa shape index (κ1) is 9.95. The maximum Gasteiger partial charge on any atom is 0.492 e. The summed E-state index contributed by atoms with van der Waals surface area (Å²) >= 11 is 0. The lowest BCUT2D eigenvalue weighted by Crippen LogP contribution is -2.32. The van der Waals surface area contributed by atoms with Crippen LogP contribution < -0.4 is 10.2 Å². The van der Waals surface area contributed by atoms with Gasteiger partial charge < -0.3 is 14.8 Å². The van der Waals surface area contributed by atoms with Gasteiger partial charge in [-0.15, -0.1) is 0 Å². The molecule has 0 spiro atoms. The normalized spacial score (nSPS) is 10.3. The van der Waals surface area contributed by atoms with Crippen LogP contribution in [-0.2, 0) is 0 Å². The van der Waals surface area contributed by atoms with Crippen LogP contribution in [0.5, 0.6) is 5.75 Å². The Morgan fingerprint density at radius 3 is 2.73 bits per heavy atom. The number of benzene rings is 1. The van der Waals surface area contributed by atoms with Crippen molar-refractivity contribution in [3.63, 3.8) is 0 Å². The standard InChI is InChI=1S/C10H10BNO3/c1-15-9-5-4-8-7(3-2-6-12-8)10(9)11(13)14/h2-6,13-14H,1H3. The maximum atomic E-state index is 9.28. The predicted octanol–water partition coefficient (Wildman–Crippen LogP) is -0.0768. The van der Waals surface area contributed by atoms with Crippen LogP contribution in [0.25, 0.3) is 10.9 Å². The number of nitrogens with zero attached hydrogens (tertiary/aromatic N) is 1. The van der Waals surface area contributed by atoms with Crippen LogP contribution in [-0.4, -0.2) is 29.3 Å². The number of aromatic nitrogens is 1. The topological polar surface area (TPSA) is 62.6 Å². The number of hydrogen-bond donors (Lipinski definition) is 2. The molecule has 0 fully saturated rings. The fourth-order valence-electron chi connectivity index (χ4n) is 1.60. The molecule has 1 aromatic heterocycles. The molecule has 76 valence electrons. The van der Waals surface area contributed by atoms with Gasteiger partial charge in [0.15, 0.2) is 0 Å². The molecular weight excluding hydrogens is 193 g/mol. The fourth-order valence-corrected chi connectivity index (χ4v) is 1.60. The van der Waals surface area contributed by atoms with Gasteiger partial charge in [0.2, 0.25) is 0 Å². The minimum absolute atomic E-state index is 0.350. The molecule has 0 bridgehead atoms. The quantitative estimate of drug-likeness (QED) is 0.670. The Morgan fingerprint density at radius 2 is 2.07 bits per heavy atom. The highest BCUT2D eigenvalue weighted by Crippen LogP contribution is 2.16. The number of methoxy groups -OCH3 is 1. The Hall–Kier alpha value is -1.59. The predicted molar refractivity (Wildman–Crippen MR) is 58.1 cm³/mol. The summed E-state index contributed by atoms with van der Waals surface area (Å²) in [6.07, 6.45) is 1.66. The van der Waals surface area contributed by atoms with E-state index in [-0.39, 0.29) is 0 Å².